The summed E-state index contributed by atoms with van der Waals surface area (Å²) in [5.74, 6) is -0.212. The minimum atomic E-state index is -0.459. The highest BCUT2D eigenvalue weighted by Gasteiger charge is 2.14. The van der Waals surface area contributed by atoms with Crippen LogP contribution in [-0.2, 0) is 11.3 Å². The summed E-state index contributed by atoms with van der Waals surface area (Å²) in [5.41, 5.74) is 6.10. The van der Waals surface area contributed by atoms with E-state index in [1.54, 1.807) is 6.07 Å². The molecule has 1 aromatic rings. The van der Waals surface area contributed by atoms with Gasteiger partial charge in [-0.2, -0.15) is 0 Å². The number of rotatable bonds is 5. The smallest absolute Gasteiger partial charge is 0.374 e. The molecule has 0 fully saturated rings. The van der Waals surface area contributed by atoms with E-state index >= 15 is 0 Å². The summed E-state index contributed by atoms with van der Waals surface area (Å²) in [5, 5.41) is 3.06. The number of hydrogen-bond acceptors (Lipinski definition) is 5. The normalized spacial score (nSPS) is 10.1. The third-order valence-corrected chi connectivity index (χ3v) is 1.75. The highest BCUT2D eigenvalue weighted by molar-refractivity contribution is 5.87. The molecule has 0 saturated carbocycles. The van der Waals surface area contributed by atoms with Gasteiger partial charge in [-0.15, -0.1) is 0 Å². The fourth-order valence-electron chi connectivity index (χ4n) is 1.07. The lowest BCUT2D eigenvalue weighted by molar-refractivity contribution is 0.0563. The van der Waals surface area contributed by atoms with Crippen LogP contribution in [0.2, 0.25) is 0 Å². The van der Waals surface area contributed by atoms with Crippen molar-refractivity contribution < 1.29 is 13.9 Å². The number of carbonyl (C=O) groups excluding carboxylic acids is 1. The van der Waals surface area contributed by atoms with E-state index in [4.69, 9.17) is 10.2 Å². The topological polar surface area (TPSA) is 77.5 Å². The molecule has 0 aliphatic rings. The Kier molecular flexibility index (Phi) is 4.15. The van der Waals surface area contributed by atoms with Crippen LogP contribution in [0.5, 0.6) is 0 Å². The lowest BCUT2D eigenvalue weighted by Gasteiger charge is -2.02. The minimum absolute atomic E-state index is 0.247. The molecule has 1 aromatic heterocycles. The van der Waals surface area contributed by atoms with Crippen LogP contribution in [0.15, 0.2) is 16.7 Å². The highest BCUT2D eigenvalue weighted by Crippen LogP contribution is 2.11. The molecule has 78 valence electrons. The summed E-state index contributed by atoms with van der Waals surface area (Å²) in [7, 11) is 1.32. The van der Waals surface area contributed by atoms with E-state index in [0.29, 0.717) is 19.6 Å². The van der Waals surface area contributed by atoms with Crippen LogP contribution in [0.3, 0.4) is 0 Å². The van der Waals surface area contributed by atoms with E-state index in [1.165, 1.54) is 13.4 Å². The Bertz CT molecular complexity index is 296. The van der Waals surface area contributed by atoms with Crippen molar-refractivity contribution in [2.24, 2.45) is 5.73 Å². The zero-order valence-corrected chi connectivity index (χ0v) is 8.08. The quantitative estimate of drug-likeness (QED) is 0.519. The summed E-state index contributed by atoms with van der Waals surface area (Å²) in [6.45, 7) is 1.81. The van der Waals surface area contributed by atoms with Gasteiger partial charge < -0.3 is 20.2 Å². The molecule has 5 heteroatoms. The zero-order valence-electron chi connectivity index (χ0n) is 8.08. The number of methoxy groups -OCH3 is 1. The standard InChI is InChI=1S/C9H14N2O3/c1-13-9(12)8-7(2-5-14-8)6-11-4-3-10/h2,5,11H,3-4,6,10H2,1H3. The summed E-state index contributed by atoms with van der Waals surface area (Å²) in [6.07, 6.45) is 1.46. The molecule has 0 unspecified atom stereocenters. The average molecular weight is 198 g/mol. The van der Waals surface area contributed by atoms with Crippen molar-refractivity contribution in [1.29, 1.82) is 0 Å². The SMILES string of the molecule is COC(=O)c1occc1CNCCN. The van der Waals surface area contributed by atoms with Gasteiger partial charge in [0.05, 0.1) is 13.4 Å². The first kappa shape index (κ1) is 10.7. The predicted molar refractivity (Wildman–Crippen MR) is 50.8 cm³/mol. The number of esters is 1. The molecule has 14 heavy (non-hydrogen) atoms. The molecule has 0 spiro atoms. The van der Waals surface area contributed by atoms with Crippen LogP contribution in [0, 0.1) is 0 Å². The van der Waals surface area contributed by atoms with E-state index in [2.05, 4.69) is 10.1 Å². The molecule has 1 rings (SSSR count). The van der Waals surface area contributed by atoms with Gasteiger partial charge in [0.2, 0.25) is 5.76 Å². The molecule has 0 aliphatic carbocycles. The Labute approximate surface area is 82.2 Å². The molecule has 0 bridgehead atoms. The average Bonchev–Trinajstić information content (AvgIpc) is 2.65. The van der Waals surface area contributed by atoms with Crippen LogP contribution < -0.4 is 11.1 Å². The fourth-order valence-corrected chi connectivity index (χ4v) is 1.07. The Balaban J connectivity index is 2.58. The second kappa shape index (κ2) is 5.41. The molecule has 0 radical (unpaired) electrons. The van der Waals surface area contributed by atoms with E-state index in [-0.39, 0.29) is 5.76 Å². The third-order valence-electron chi connectivity index (χ3n) is 1.75. The van der Waals surface area contributed by atoms with E-state index in [0.717, 1.165) is 5.56 Å². The maximum absolute atomic E-state index is 11.2. The first-order valence-electron chi connectivity index (χ1n) is 4.35. The maximum atomic E-state index is 11.2. The molecule has 0 atom stereocenters. The van der Waals surface area contributed by atoms with Crippen molar-refractivity contribution in [3.8, 4) is 0 Å². The zero-order chi connectivity index (χ0) is 10.4. The predicted octanol–water partition coefficient (Wildman–Crippen LogP) is 0.114. The molecule has 0 amide bonds. The van der Waals surface area contributed by atoms with Crippen LogP contribution in [0.25, 0.3) is 0 Å². The van der Waals surface area contributed by atoms with Crippen molar-refractivity contribution in [1.82, 2.24) is 5.32 Å². The summed E-state index contributed by atoms with van der Waals surface area (Å²) >= 11 is 0. The summed E-state index contributed by atoms with van der Waals surface area (Å²) in [4.78, 5) is 11.2. The van der Waals surface area contributed by atoms with Crippen molar-refractivity contribution in [2.45, 2.75) is 6.54 Å². The van der Waals surface area contributed by atoms with Gasteiger partial charge in [-0.25, -0.2) is 4.79 Å². The molecule has 1 heterocycles. The minimum Gasteiger partial charge on any atom is -0.463 e. The third kappa shape index (κ3) is 2.58. The second-order valence-electron chi connectivity index (χ2n) is 2.73. The second-order valence-corrected chi connectivity index (χ2v) is 2.73. The number of carbonyl (C=O) groups is 1. The van der Waals surface area contributed by atoms with Gasteiger partial charge in [-0.1, -0.05) is 0 Å². The summed E-state index contributed by atoms with van der Waals surface area (Å²) in [6, 6.07) is 1.73. The van der Waals surface area contributed by atoms with Gasteiger partial charge in [-0.05, 0) is 6.07 Å². The van der Waals surface area contributed by atoms with Gasteiger partial charge in [0, 0.05) is 25.2 Å². The Morgan fingerprint density at radius 3 is 3.14 bits per heavy atom. The maximum Gasteiger partial charge on any atom is 0.374 e. The number of furan rings is 1. The van der Waals surface area contributed by atoms with Crippen molar-refractivity contribution in [3.05, 3.63) is 23.7 Å². The van der Waals surface area contributed by atoms with Crippen LogP contribution in [-0.4, -0.2) is 26.2 Å². The van der Waals surface area contributed by atoms with Gasteiger partial charge >= 0.3 is 5.97 Å². The highest BCUT2D eigenvalue weighted by atomic mass is 16.5. The largest absolute Gasteiger partial charge is 0.463 e. The van der Waals surface area contributed by atoms with Crippen LogP contribution >= 0.6 is 0 Å². The lowest BCUT2D eigenvalue weighted by Crippen LogP contribution is -2.22. The molecular weight excluding hydrogens is 184 g/mol. The molecule has 5 nitrogen and oxygen atoms in total. The summed E-state index contributed by atoms with van der Waals surface area (Å²) < 4.78 is 9.56. The fraction of sp³-hybridized carbons (Fsp3) is 0.444. The van der Waals surface area contributed by atoms with Gasteiger partial charge in [0.15, 0.2) is 0 Å². The Hall–Kier alpha value is -1.33. The number of nitrogens with two attached hydrogens (primary N) is 1. The Morgan fingerprint density at radius 1 is 1.71 bits per heavy atom. The Morgan fingerprint density at radius 2 is 2.50 bits per heavy atom. The molecule has 0 aliphatic heterocycles. The van der Waals surface area contributed by atoms with Crippen LogP contribution in [0.1, 0.15) is 16.1 Å². The van der Waals surface area contributed by atoms with E-state index in [1.807, 2.05) is 0 Å². The van der Waals surface area contributed by atoms with Gasteiger partial charge in [0.1, 0.15) is 0 Å². The molecule has 0 aromatic carbocycles. The molecular formula is C9H14N2O3. The van der Waals surface area contributed by atoms with Gasteiger partial charge in [-0.3, -0.25) is 0 Å². The number of ether oxygens (including phenoxy) is 1. The monoisotopic (exact) mass is 198 g/mol. The lowest BCUT2D eigenvalue weighted by atomic mass is 10.2. The van der Waals surface area contributed by atoms with Crippen molar-refractivity contribution in [2.75, 3.05) is 20.2 Å². The van der Waals surface area contributed by atoms with Crippen molar-refractivity contribution in [3.63, 3.8) is 0 Å². The first-order chi connectivity index (χ1) is 6.79. The number of hydrogen-bond donors (Lipinski definition) is 2. The van der Waals surface area contributed by atoms with Crippen molar-refractivity contribution >= 4 is 5.97 Å². The molecule has 3 N–H and O–H groups in total. The van der Waals surface area contributed by atoms with Gasteiger partial charge in [0.25, 0.3) is 0 Å². The first-order valence-corrected chi connectivity index (χ1v) is 4.35. The molecule has 0 saturated heterocycles. The van der Waals surface area contributed by atoms with Crippen LogP contribution in [0.4, 0.5) is 0 Å². The van der Waals surface area contributed by atoms with E-state index in [9.17, 15) is 4.79 Å². The van der Waals surface area contributed by atoms with E-state index < -0.39 is 5.97 Å². The number of nitrogens with one attached hydrogen (secondary N) is 1.